The lowest BCUT2D eigenvalue weighted by molar-refractivity contribution is -0.123. The van der Waals surface area contributed by atoms with E-state index in [9.17, 15) is 26.4 Å². The van der Waals surface area contributed by atoms with E-state index in [1.165, 1.54) is 28.6 Å². The van der Waals surface area contributed by atoms with Crippen LogP contribution in [0.5, 0.6) is 0 Å². The Morgan fingerprint density at radius 3 is 2.19 bits per heavy atom. The number of amides is 1. The Balaban J connectivity index is 2.07. The number of carbonyl (C=O) groups excluding carboxylic acids is 1. The Morgan fingerprint density at radius 1 is 1.15 bits per heavy atom. The van der Waals surface area contributed by atoms with Gasteiger partial charge in [0.2, 0.25) is 10.0 Å². The number of rotatable bonds is 5. The van der Waals surface area contributed by atoms with Crippen molar-refractivity contribution in [2.24, 2.45) is 5.92 Å². The number of carbonyl (C=O) groups is 1. The number of hydrogen-bond donors (Lipinski definition) is 1. The summed E-state index contributed by atoms with van der Waals surface area (Å²) in [6.45, 7) is 0.710. The van der Waals surface area contributed by atoms with Crippen LogP contribution in [-0.4, -0.2) is 44.4 Å². The molecule has 26 heavy (non-hydrogen) atoms. The van der Waals surface area contributed by atoms with Gasteiger partial charge in [0, 0.05) is 18.7 Å². The van der Waals surface area contributed by atoms with Gasteiger partial charge in [0.05, 0.1) is 4.90 Å². The SMILES string of the molecule is CC1CCC(N(C)S(=O)(=O)c2ccc(C(=O)NCC(F)(F)F)cc2)CC1. The summed E-state index contributed by atoms with van der Waals surface area (Å²) in [6, 6.07) is 4.87. The first kappa shape index (κ1) is 20.7. The van der Waals surface area contributed by atoms with Gasteiger partial charge in [-0.2, -0.15) is 17.5 Å². The van der Waals surface area contributed by atoms with E-state index in [2.05, 4.69) is 6.92 Å². The minimum absolute atomic E-state index is 0.0194. The van der Waals surface area contributed by atoms with Crippen molar-refractivity contribution >= 4 is 15.9 Å². The molecule has 1 aliphatic rings. The van der Waals surface area contributed by atoms with Crippen LogP contribution in [0.4, 0.5) is 13.2 Å². The molecule has 0 heterocycles. The minimum Gasteiger partial charge on any atom is -0.343 e. The summed E-state index contributed by atoms with van der Waals surface area (Å²) in [5.41, 5.74) is -0.0256. The highest BCUT2D eigenvalue weighted by molar-refractivity contribution is 7.89. The molecule has 1 fully saturated rings. The van der Waals surface area contributed by atoms with E-state index >= 15 is 0 Å². The molecule has 1 aromatic carbocycles. The fourth-order valence-corrected chi connectivity index (χ4v) is 4.45. The van der Waals surface area contributed by atoms with Crippen molar-refractivity contribution in [1.29, 1.82) is 0 Å². The number of benzene rings is 1. The van der Waals surface area contributed by atoms with Crippen molar-refractivity contribution in [2.75, 3.05) is 13.6 Å². The second kappa shape index (κ2) is 7.96. The van der Waals surface area contributed by atoms with E-state index < -0.39 is 28.7 Å². The molecule has 1 N–H and O–H groups in total. The van der Waals surface area contributed by atoms with Crippen LogP contribution in [0.25, 0.3) is 0 Å². The van der Waals surface area contributed by atoms with Crippen molar-refractivity contribution in [3.05, 3.63) is 29.8 Å². The van der Waals surface area contributed by atoms with Crippen LogP contribution in [0.15, 0.2) is 29.2 Å². The van der Waals surface area contributed by atoms with Gasteiger partial charge in [-0.15, -0.1) is 0 Å². The third kappa shape index (κ3) is 5.20. The minimum atomic E-state index is -4.50. The van der Waals surface area contributed by atoms with E-state index in [0.717, 1.165) is 25.7 Å². The lowest BCUT2D eigenvalue weighted by atomic mass is 9.87. The molecule has 1 aliphatic carbocycles. The molecular weight excluding hydrogens is 369 g/mol. The smallest absolute Gasteiger partial charge is 0.343 e. The molecule has 1 aromatic rings. The normalized spacial score (nSPS) is 21.6. The molecule has 0 aromatic heterocycles. The number of hydrogen-bond acceptors (Lipinski definition) is 3. The number of halogens is 3. The first-order valence-corrected chi connectivity index (χ1v) is 9.88. The van der Waals surface area contributed by atoms with E-state index in [1.807, 2.05) is 0 Å². The highest BCUT2D eigenvalue weighted by Gasteiger charge is 2.31. The number of sulfonamides is 1. The molecule has 5 nitrogen and oxygen atoms in total. The lowest BCUT2D eigenvalue weighted by Crippen LogP contribution is -2.39. The van der Waals surface area contributed by atoms with E-state index in [1.54, 1.807) is 12.4 Å². The van der Waals surface area contributed by atoms with E-state index in [4.69, 9.17) is 0 Å². The van der Waals surface area contributed by atoms with E-state index in [-0.39, 0.29) is 16.5 Å². The highest BCUT2D eigenvalue weighted by Crippen LogP contribution is 2.29. The molecule has 0 radical (unpaired) electrons. The van der Waals surface area contributed by atoms with Crippen LogP contribution in [0.2, 0.25) is 0 Å². The number of alkyl halides is 3. The zero-order chi connectivity index (χ0) is 19.5. The maximum Gasteiger partial charge on any atom is 0.405 e. The quantitative estimate of drug-likeness (QED) is 0.837. The first-order valence-electron chi connectivity index (χ1n) is 8.44. The number of nitrogens with one attached hydrogen (secondary N) is 1. The Morgan fingerprint density at radius 2 is 1.69 bits per heavy atom. The van der Waals surface area contributed by atoms with Crippen LogP contribution >= 0.6 is 0 Å². The monoisotopic (exact) mass is 392 g/mol. The molecular formula is C17H23F3N2O3S. The summed E-state index contributed by atoms with van der Waals surface area (Å²) in [6.07, 6.45) is -0.950. The fourth-order valence-electron chi connectivity index (χ4n) is 3.03. The lowest BCUT2D eigenvalue weighted by Gasteiger charge is -2.32. The maximum atomic E-state index is 12.7. The van der Waals surface area contributed by atoms with Crippen LogP contribution in [0.3, 0.4) is 0 Å². The average Bonchev–Trinajstić information content (AvgIpc) is 2.59. The third-order valence-electron chi connectivity index (χ3n) is 4.74. The summed E-state index contributed by atoms with van der Waals surface area (Å²) < 4.78 is 63.2. The van der Waals surface area contributed by atoms with Gasteiger partial charge in [-0.05, 0) is 55.9 Å². The summed E-state index contributed by atoms with van der Waals surface area (Å²) >= 11 is 0. The van der Waals surface area contributed by atoms with Crippen LogP contribution in [-0.2, 0) is 10.0 Å². The van der Waals surface area contributed by atoms with Crippen molar-refractivity contribution < 1.29 is 26.4 Å². The summed E-state index contributed by atoms with van der Waals surface area (Å²) in [7, 11) is -2.17. The van der Waals surface area contributed by atoms with Gasteiger partial charge in [-0.3, -0.25) is 4.79 Å². The summed E-state index contributed by atoms with van der Waals surface area (Å²) in [5.74, 6) is -0.308. The molecule has 0 spiro atoms. The van der Waals surface area contributed by atoms with Gasteiger partial charge in [-0.1, -0.05) is 6.92 Å². The fraction of sp³-hybridized carbons (Fsp3) is 0.588. The molecule has 9 heteroatoms. The zero-order valence-corrected chi connectivity index (χ0v) is 15.5. The Labute approximate surface area is 151 Å². The largest absolute Gasteiger partial charge is 0.405 e. The zero-order valence-electron chi connectivity index (χ0n) is 14.7. The van der Waals surface area contributed by atoms with Gasteiger partial charge < -0.3 is 5.32 Å². The van der Waals surface area contributed by atoms with Crippen LogP contribution in [0.1, 0.15) is 43.0 Å². The second-order valence-corrected chi connectivity index (χ2v) is 8.75. The first-order chi connectivity index (χ1) is 12.0. The Hall–Kier alpha value is -1.61. The molecule has 0 atom stereocenters. The van der Waals surface area contributed by atoms with Crippen molar-refractivity contribution in [3.8, 4) is 0 Å². The third-order valence-corrected chi connectivity index (χ3v) is 6.67. The highest BCUT2D eigenvalue weighted by atomic mass is 32.2. The molecule has 1 saturated carbocycles. The molecule has 0 saturated heterocycles. The predicted octanol–water partition coefficient (Wildman–Crippen LogP) is 3.18. The van der Waals surface area contributed by atoms with E-state index in [0.29, 0.717) is 5.92 Å². The van der Waals surface area contributed by atoms with Crippen molar-refractivity contribution in [1.82, 2.24) is 9.62 Å². The maximum absolute atomic E-state index is 12.7. The van der Waals surface area contributed by atoms with Gasteiger partial charge in [0.25, 0.3) is 5.91 Å². The molecule has 0 aliphatic heterocycles. The van der Waals surface area contributed by atoms with Gasteiger partial charge in [-0.25, -0.2) is 8.42 Å². The molecule has 1 amide bonds. The Kier molecular flexibility index (Phi) is 6.33. The molecule has 146 valence electrons. The van der Waals surface area contributed by atoms with Gasteiger partial charge in [0.15, 0.2) is 0 Å². The average molecular weight is 392 g/mol. The van der Waals surface area contributed by atoms with Crippen molar-refractivity contribution in [3.63, 3.8) is 0 Å². The van der Waals surface area contributed by atoms with Crippen LogP contribution in [0, 0.1) is 5.92 Å². The van der Waals surface area contributed by atoms with Crippen molar-refractivity contribution in [2.45, 2.75) is 49.7 Å². The Bertz CT molecular complexity index is 725. The van der Waals surface area contributed by atoms with Gasteiger partial charge >= 0.3 is 6.18 Å². The number of nitrogens with zero attached hydrogens (tertiary/aromatic N) is 1. The van der Waals surface area contributed by atoms with Crippen LogP contribution < -0.4 is 5.32 Å². The topological polar surface area (TPSA) is 66.5 Å². The predicted molar refractivity (Wildman–Crippen MR) is 91.2 cm³/mol. The van der Waals surface area contributed by atoms with Gasteiger partial charge in [0.1, 0.15) is 6.54 Å². The summed E-state index contributed by atoms with van der Waals surface area (Å²) in [5, 5.41) is 1.75. The standard InChI is InChI=1S/C17H23F3N2O3S/c1-12-3-7-14(8-4-12)22(2)26(24,25)15-9-5-13(6-10-15)16(23)21-11-17(18,19)20/h5-6,9-10,12,14H,3-4,7-8,11H2,1-2H3,(H,21,23). The summed E-state index contributed by atoms with van der Waals surface area (Å²) in [4.78, 5) is 11.7. The molecule has 2 rings (SSSR count). The molecule has 0 bridgehead atoms. The second-order valence-electron chi connectivity index (χ2n) is 6.76. The molecule has 0 unspecified atom stereocenters.